The molecule has 0 rings (SSSR count). The summed E-state index contributed by atoms with van der Waals surface area (Å²) in [5.74, 6) is -0.731. The maximum Gasteiger partial charge on any atom is 0.140 e. The lowest BCUT2D eigenvalue weighted by Crippen LogP contribution is -2.42. The highest BCUT2D eigenvalue weighted by Gasteiger charge is 2.35. The van der Waals surface area contributed by atoms with Crippen LogP contribution in [-0.4, -0.2) is 28.2 Å². The van der Waals surface area contributed by atoms with Crippen molar-refractivity contribution in [3.63, 3.8) is 0 Å². The first-order valence-corrected chi connectivity index (χ1v) is 5.71. The van der Waals surface area contributed by atoms with Gasteiger partial charge in [0.2, 0.25) is 0 Å². The van der Waals surface area contributed by atoms with Gasteiger partial charge in [0.1, 0.15) is 5.78 Å². The first kappa shape index (κ1) is 14.6. The smallest absolute Gasteiger partial charge is 0.140 e. The van der Waals surface area contributed by atoms with Gasteiger partial charge < -0.3 is 10.2 Å². The third kappa shape index (κ3) is 3.92. The second-order valence-electron chi connectivity index (χ2n) is 4.81. The van der Waals surface area contributed by atoms with Gasteiger partial charge in [-0.15, -0.1) is 0 Å². The summed E-state index contributed by atoms with van der Waals surface area (Å²) < 4.78 is 0. The summed E-state index contributed by atoms with van der Waals surface area (Å²) in [6.45, 7) is 9.18. The van der Waals surface area contributed by atoms with Gasteiger partial charge in [-0.25, -0.2) is 0 Å². The van der Waals surface area contributed by atoms with Gasteiger partial charge in [0, 0.05) is 6.42 Å². The van der Waals surface area contributed by atoms with E-state index in [0.717, 1.165) is 0 Å². The molecule has 0 bridgehead atoms. The fourth-order valence-electron chi connectivity index (χ4n) is 1.65. The van der Waals surface area contributed by atoms with Gasteiger partial charge >= 0.3 is 0 Å². The number of carbonyl (C=O) groups is 1. The average Bonchev–Trinajstić information content (AvgIpc) is 2.16. The van der Waals surface area contributed by atoms with Crippen molar-refractivity contribution in [1.29, 1.82) is 0 Å². The zero-order chi connectivity index (χ0) is 12.2. The molecule has 3 nitrogen and oxygen atoms in total. The largest absolute Gasteiger partial charge is 0.392 e. The van der Waals surface area contributed by atoms with E-state index in [1.54, 1.807) is 6.92 Å². The highest BCUT2D eigenvalue weighted by molar-refractivity contribution is 5.81. The minimum Gasteiger partial charge on any atom is -0.392 e. The number of aliphatic hydroxyl groups excluding tert-OH is 2. The van der Waals surface area contributed by atoms with E-state index in [1.165, 1.54) is 0 Å². The number of hydrogen-bond acceptors (Lipinski definition) is 3. The minimum atomic E-state index is -0.755. The van der Waals surface area contributed by atoms with Crippen molar-refractivity contribution in [2.45, 2.75) is 53.2 Å². The van der Waals surface area contributed by atoms with Gasteiger partial charge in [0.05, 0.1) is 18.1 Å². The molecule has 0 amide bonds. The number of carbonyl (C=O) groups excluding carboxylic acids is 1. The predicted octanol–water partition coefficient (Wildman–Crippen LogP) is 1.62. The molecule has 15 heavy (non-hydrogen) atoms. The van der Waals surface area contributed by atoms with E-state index in [1.807, 2.05) is 27.7 Å². The molecule has 1 unspecified atom stereocenters. The van der Waals surface area contributed by atoms with Gasteiger partial charge in [-0.2, -0.15) is 0 Å². The summed E-state index contributed by atoms with van der Waals surface area (Å²) in [4.78, 5) is 11.7. The van der Waals surface area contributed by atoms with Gasteiger partial charge in [-0.1, -0.05) is 34.6 Å². The van der Waals surface area contributed by atoms with Crippen LogP contribution in [0.5, 0.6) is 0 Å². The molecule has 0 radical (unpaired) electrons. The SMILES string of the molecule is CCC(=O)C([C@H](O)C(C)C)[C@@H](O)C(C)C. The topological polar surface area (TPSA) is 57.5 Å². The molecule has 3 atom stereocenters. The summed E-state index contributed by atoms with van der Waals surface area (Å²) in [7, 11) is 0. The molecule has 90 valence electrons. The Labute approximate surface area is 92.5 Å². The van der Waals surface area contributed by atoms with E-state index in [0.29, 0.717) is 6.42 Å². The molecule has 0 heterocycles. The van der Waals surface area contributed by atoms with Crippen LogP contribution in [0.3, 0.4) is 0 Å². The number of aliphatic hydroxyl groups is 2. The standard InChI is InChI=1S/C12H24O3/c1-6-9(13)10(11(14)7(2)3)12(15)8(4)5/h7-8,10-12,14-15H,6H2,1-5H3/t10?,11-,12+. The normalized spacial score (nSPS) is 16.1. The summed E-state index contributed by atoms with van der Waals surface area (Å²) >= 11 is 0. The molecular weight excluding hydrogens is 192 g/mol. The van der Waals surface area contributed by atoms with E-state index in [9.17, 15) is 15.0 Å². The van der Waals surface area contributed by atoms with Gasteiger partial charge in [0.15, 0.2) is 0 Å². The van der Waals surface area contributed by atoms with Crippen molar-refractivity contribution < 1.29 is 15.0 Å². The zero-order valence-electron chi connectivity index (χ0n) is 10.4. The summed E-state index contributed by atoms with van der Waals surface area (Å²) in [5.41, 5.74) is 0. The third-order valence-corrected chi connectivity index (χ3v) is 2.82. The van der Waals surface area contributed by atoms with E-state index < -0.39 is 18.1 Å². The minimum absolute atomic E-state index is 0.0149. The second kappa shape index (κ2) is 6.23. The fourth-order valence-corrected chi connectivity index (χ4v) is 1.65. The number of ketones is 1. The molecule has 3 heteroatoms. The van der Waals surface area contributed by atoms with Crippen LogP contribution >= 0.6 is 0 Å². The van der Waals surface area contributed by atoms with Crippen LogP contribution in [0, 0.1) is 17.8 Å². The van der Waals surface area contributed by atoms with Crippen molar-refractivity contribution in [3.05, 3.63) is 0 Å². The van der Waals surface area contributed by atoms with Crippen molar-refractivity contribution in [2.75, 3.05) is 0 Å². The molecular formula is C12H24O3. The maximum absolute atomic E-state index is 11.7. The fraction of sp³-hybridized carbons (Fsp3) is 0.917. The molecule has 0 fully saturated rings. The van der Waals surface area contributed by atoms with Gasteiger partial charge in [0.25, 0.3) is 0 Å². The number of rotatable bonds is 6. The van der Waals surface area contributed by atoms with Crippen molar-refractivity contribution in [1.82, 2.24) is 0 Å². The van der Waals surface area contributed by atoms with E-state index >= 15 is 0 Å². The Kier molecular flexibility index (Phi) is 6.06. The predicted molar refractivity (Wildman–Crippen MR) is 60.5 cm³/mol. The molecule has 0 aliphatic rings. The van der Waals surface area contributed by atoms with Gasteiger partial charge in [-0.3, -0.25) is 4.79 Å². The summed E-state index contributed by atoms with van der Waals surface area (Å²) in [6, 6.07) is 0. The number of hydrogen-bond donors (Lipinski definition) is 2. The van der Waals surface area contributed by atoms with Crippen LogP contribution < -0.4 is 0 Å². The molecule has 0 saturated carbocycles. The van der Waals surface area contributed by atoms with E-state index in [2.05, 4.69) is 0 Å². The lowest BCUT2D eigenvalue weighted by atomic mass is 9.80. The Morgan fingerprint density at radius 3 is 1.53 bits per heavy atom. The molecule has 0 aromatic rings. The quantitative estimate of drug-likeness (QED) is 0.709. The van der Waals surface area contributed by atoms with Crippen LogP contribution in [0.4, 0.5) is 0 Å². The second-order valence-corrected chi connectivity index (χ2v) is 4.81. The van der Waals surface area contributed by atoms with Crippen LogP contribution in [-0.2, 0) is 4.79 Å². The van der Waals surface area contributed by atoms with E-state index in [-0.39, 0.29) is 17.6 Å². The molecule has 2 N–H and O–H groups in total. The van der Waals surface area contributed by atoms with Crippen LogP contribution in [0.15, 0.2) is 0 Å². The van der Waals surface area contributed by atoms with Crippen LogP contribution in [0.1, 0.15) is 41.0 Å². The molecule has 0 aliphatic carbocycles. The van der Waals surface area contributed by atoms with Crippen molar-refractivity contribution in [2.24, 2.45) is 17.8 Å². The molecule has 0 saturated heterocycles. The third-order valence-electron chi connectivity index (χ3n) is 2.82. The number of Topliss-reactive ketones (excluding diaryl/α,β-unsaturated/α-hetero) is 1. The van der Waals surface area contributed by atoms with Crippen LogP contribution in [0.2, 0.25) is 0 Å². The van der Waals surface area contributed by atoms with Crippen molar-refractivity contribution >= 4 is 5.78 Å². The Morgan fingerprint density at radius 2 is 1.33 bits per heavy atom. The molecule has 0 aromatic carbocycles. The Hall–Kier alpha value is -0.410. The highest BCUT2D eigenvalue weighted by atomic mass is 16.3. The first-order valence-electron chi connectivity index (χ1n) is 5.71. The Balaban J connectivity index is 4.80. The average molecular weight is 216 g/mol. The zero-order valence-corrected chi connectivity index (χ0v) is 10.4. The lowest BCUT2D eigenvalue weighted by molar-refractivity contribution is -0.135. The Bertz CT molecular complexity index is 185. The lowest BCUT2D eigenvalue weighted by Gasteiger charge is -2.30. The Morgan fingerprint density at radius 1 is 1.00 bits per heavy atom. The molecule has 0 aromatic heterocycles. The van der Waals surface area contributed by atoms with Crippen LogP contribution in [0.25, 0.3) is 0 Å². The molecule has 0 aliphatic heterocycles. The summed E-state index contributed by atoms with van der Waals surface area (Å²) in [5, 5.41) is 19.9. The molecule has 0 spiro atoms. The maximum atomic E-state index is 11.7. The highest BCUT2D eigenvalue weighted by Crippen LogP contribution is 2.23. The van der Waals surface area contributed by atoms with Gasteiger partial charge in [-0.05, 0) is 11.8 Å². The van der Waals surface area contributed by atoms with E-state index in [4.69, 9.17) is 0 Å². The van der Waals surface area contributed by atoms with Crippen molar-refractivity contribution in [3.8, 4) is 0 Å². The first-order chi connectivity index (χ1) is 6.82. The monoisotopic (exact) mass is 216 g/mol. The summed E-state index contributed by atoms with van der Waals surface area (Å²) in [6.07, 6.45) is -1.15.